The number of carbonyl (C=O) groups excluding carboxylic acids is 1. The van der Waals surface area contributed by atoms with E-state index >= 15 is 0 Å². The second-order valence-corrected chi connectivity index (χ2v) is 4.27. The second kappa shape index (κ2) is 6.14. The van der Waals surface area contributed by atoms with E-state index in [1.165, 1.54) is 17.0 Å². The van der Waals surface area contributed by atoms with Crippen LogP contribution in [0.1, 0.15) is 11.4 Å². The van der Waals surface area contributed by atoms with Crippen LogP contribution in [0.3, 0.4) is 0 Å². The Balaban J connectivity index is 1.84. The molecule has 6 nitrogen and oxygen atoms in total. The zero-order valence-corrected chi connectivity index (χ0v) is 11.2. The molecule has 0 unspecified atom stereocenters. The second-order valence-electron chi connectivity index (χ2n) is 4.27. The van der Waals surface area contributed by atoms with Crippen molar-refractivity contribution in [2.75, 3.05) is 13.7 Å². The summed E-state index contributed by atoms with van der Waals surface area (Å²) >= 11 is 0. The van der Waals surface area contributed by atoms with Gasteiger partial charge in [0.1, 0.15) is 5.82 Å². The highest BCUT2D eigenvalue weighted by atomic mass is 19.1. The monoisotopic (exact) mass is 279 g/mol. The van der Waals surface area contributed by atoms with Crippen LogP contribution in [0, 0.1) is 12.7 Å². The van der Waals surface area contributed by atoms with Crippen LogP contribution >= 0.6 is 0 Å². The van der Waals surface area contributed by atoms with Gasteiger partial charge in [0, 0.05) is 13.6 Å². The Labute approximate surface area is 115 Å². The van der Waals surface area contributed by atoms with E-state index < -0.39 is 0 Å². The number of aromatic nitrogens is 2. The fraction of sp³-hybridized carbons (Fsp3) is 0.308. The molecule has 0 N–H and O–H groups in total. The normalized spacial score (nSPS) is 10.3. The van der Waals surface area contributed by atoms with Crippen LogP contribution in [-0.2, 0) is 11.3 Å². The first-order chi connectivity index (χ1) is 9.54. The molecule has 0 bridgehead atoms. The fourth-order valence-corrected chi connectivity index (χ4v) is 1.52. The molecular formula is C13H14FN3O3. The number of benzene rings is 1. The van der Waals surface area contributed by atoms with Crippen molar-refractivity contribution in [3.05, 3.63) is 41.5 Å². The summed E-state index contributed by atoms with van der Waals surface area (Å²) in [5, 5.41) is 3.54. The van der Waals surface area contributed by atoms with Crippen LogP contribution in [0.15, 0.2) is 28.8 Å². The molecule has 1 aromatic carbocycles. The Hall–Kier alpha value is -2.44. The molecule has 0 radical (unpaired) electrons. The standard InChI is InChI=1S/C13H14FN3O3/c1-9-15-13(20-16-9)19-8-12(18)17(2)7-10-3-5-11(14)6-4-10/h3-6H,7-8H2,1-2H3. The molecule has 7 heteroatoms. The molecule has 0 saturated heterocycles. The molecule has 0 aliphatic carbocycles. The third-order valence-corrected chi connectivity index (χ3v) is 2.59. The lowest BCUT2D eigenvalue weighted by Gasteiger charge is -2.16. The Morgan fingerprint density at radius 3 is 2.70 bits per heavy atom. The number of likely N-dealkylation sites (N-methyl/N-ethyl adjacent to an activating group) is 1. The van der Waals surface area contributed by atoms with E-state index in [-0.39, 0.29) is 24.4 Å². The number of ether oxygens (including phenoxy) is 1. The van der Waals surface area contributed by atoms with Crippen molar-refractivity contribution in [2.45, 2.75) is 13.5 Å². The summed E-state index contributed by atoms with van der Waals surface area (Å²) in [4.78, 5) is 17.1. The number of amides is 1. The van der Waals surface area contributed by atoms with Gasteiger partial charge in [0.25, 0.3) is 5.91 Å². The Bertz CT molecular complexity index is 583. The van der Waals surface area contributed by atoms with Crippen molar-refractivity contribution in [3.8, 4) is 6.08 Å². The number of rotatable bonds is 5. The highest BCUT2D eigenvalue weighted by Gasteiger charge is 2.12. The van der Waals surface area contributed by atoms with Gasteiger partial charge in [0.2, 0.25) is 0 Å². The molecule has 0 saturated carbocycles. The summed E-state index contributed by atoms with van der Waals surface area (Å²) in [6.07, 6.45) is -0.0361. The molecule has 106 valence electrons. The largest absolute Gasteiger partial charge is 0.439 e. The third-order valence-electron chi connectivity index (χ3n) is 2.59. The van der Waals surface area contributed by atoms with Crippen molar-refractivity contribution >= 4 is 5.91 Å². The molecular weight excluding hydrogens is 265 g/mol. The van der Waals surface area contributed by atoms with E-state index in [0.29, 0.717) is 12.4 Å². The SMILES string of the molecule is Cc1noc(OCC(=O)N(C)Cc2ccc(F)cc2)n1. The average molecular weight is 279 g/mol. The van der Waals surface area contributed by atoms with Gasteiger partial charge in [-0.3, -0.25) is 9.32 Å². The molecule has 2 aromatic rings. The van der Waals surface area contributed by atoms with E-state index in [2.05, 4.69) is 10.1 Å². The third kappa shape index (κ3) is 3.78. The quantitative estimate of drug-likeness (QED) is 0.830. The van der Waals surface area contributed by atoms with Crippen LogP contribution in [0.5, 0.6) is 6.08 Å². The zero-order valence-electron chi connectivity index (χ0n) is 11.2. The van der Waals surface area contributed by atoms with Gasteiger partial charge in [-0.2, -0.15) is 4.98 Å². The molecule has 1 amide bonds. The minimum atomic E-state index is -0.308. The van der Waals surface area contributed by atoms with E-state index in [1.807, 2.05) is 0 Å². The maximum atomic E-state index is 12.8. The number of hydrogen-bond acceptors (Lipinski definition) is 5. The lowest BCUT2D eigenvalue weighted by Crippen LogP contribution is -2.31. The molecule has 0 spiro atoms. The average Bonchev–Trinajstić information content (AvgIpc) is 2.84. The van der Waals surface area contributed by atoms with Crippen molar-refractivity contribution in [1.29, 1.82) is 0 Å². The predicted molar refractivity (Wildman–Crippen MR) is 67.4 cm³/mol. The first kappa shape index (κ1) is 14.0. The topological polar surface area (TPSA) is 68.5 Å². The van der Waals surface area contributed by atoms with E-state index in [0.717, 1.165) is 5.56 Å². The molecule has 1 aromatic heterocycles. The Kier molecular flexibility index (Phi) is 4.29. The molecule has 0 aliphatic rings. The minimum Gasteiger partial charge on any atom is -0.439 e. The molecule has 1 heterocycles. The highest BCUT2D eigenvalue weighted by molar-refractivity contribution is 5.77. The summed E-state index contributed by atoms with van der Waals surface area (Å²) in [6, 6.07) is 5.96. The summed E-state index contributed by atoms with van der Waals surface area (Å²) < 4.78 is 22.6. The van der Waals surface area contributed by atoms with Gasteiger partial charge >= 0.3 is 6.08 Å². The van der Waals surface area contributed by atoms with Crippen molar-refractivity contribution in [2.24, 2.45) is 0 Å². The van der Waals surface area contributed by atoms with Crippen LogP contribution in [0.25, 0.3) is 0 Å². The summed E-state index contributed by atoms with van der Waals surface area (Å²) in [6.45, 7) is 1.82. The predicted octanol–water partition coefficient (Wildman–Crippen LogP) is 1.55. The summed E-state index contributed by atoms with van der Waals surface area (Å²) in [7, 11) is 1.63. The number of aryl methyl sites for hydroxylation is 1. The van der Waals surface area contributed by atoms with Crippen molar-refractivity contribution < 1.29 is 18.4 Å². The van der Waals surface area contributed by atoms with Gasteiger partial charge in [-0.1, -0.05) is 17.3 Å². The molecule has 2 rings (SSSR count). The van der Waals surface area contributed by atoms with E-state index in [1.54, 1.807) is 26.1 Å². The van der Waals surface area contributed by atoms with Crippen molar-refractivity contribution in [3.63, 3.8) is 0 Å². The van der Waals surface area contributed by atoms with Gasteiger partial charge in [0.15, 0.2) is 12.4 Å². The Morgan fingerprint density at radius 2 is 2.10 bits per heavy atom. The van der Waals surface area contributed by atoms with Crippen LogP contribution in [-0.4, -0.2) is 34.6 Å². The lowest BCUT2D eigenvalue weighted by atomic mass is 10.2. The first-order valence-electron chi connectivity index (χ1n) is 5.96. The minimum absolute atomic E-state index is 0.0361. The molecule has 0 aliphatic heterocycles. The van der Waals surface area contributed by atoms with Gasteiger partial charge in [-0.05, 0) is 24.6 Å². The van der Waals surface area contributed by atoms with Crippen molar-refractivity contribution in [1.82, 2.24) is 15.0 Å². The maximum Gasteiger partial charge on any atom is 0.417 e. The highest BCUT2D eigenvalue weighted by Crippen LogP contribution is 2.08. The number of halogens is 1. The van der Waals surface area contributed by atoms with Gasteiger partial charge < -0.3 is 9.64 Å². The lowest BCUT2D eigenvalue weighted by molar-refractivity contribution is -0.133. The maximum absolute atomic E-state index is 12.8. The van der Waals surface area contributed by atoms with Gasteiger partial charge in [0.05, 0.1) is 0 Å². The number of carbonyl (C=O) groups is 1. The summed E-state index contributed by atoms with van der Waals surface area (Å²) in [5.74, 6) is -0.116. The summed E-state index contributed by atoms with van der Waals surface area (Å²) in [5.41, 5.74) is 0.830. The van der Waals surface area contributed by atoms with Crippen LogP contribution < -0.4 is 4.74 Å². The fourth-order valence-electron chi connectivity index (χ4n) is 1.52. The van der Waals surface area contributed by atoms with Gasteiger partial charge in [-0.15, -0.1) is 0 Å². The Morgan fingerprint density at radius 1 is 1.40 bits per heavy atom. The zero-order chi connectivity index (χ0) is 14.5. The van der Waals surface area contributed by atoms with Gasteiger partial charge in [-0.25, -0.2) is 4.39 Å². The molecule has 0 atom stereocenters. The first-order valence-corrected chi connectivity index (χ1v) is 5.96. The smallest absolute Gasteiger partial charge is 0.417 e. The van der Waals surface area contributed by atoms with Crippen LogP contribution in [0.4, 0.5) is 4.39 Å². The molecule has 0 fully saturated rings. The van der Waals surface area contributed by atoms with E-state index in [9.17, 15) is 9.18 Å². The van der Waals surface area contributed by atoms with Crippen LogP contribution in [0.2, 0.25) is 0 Å². The number of hydrogen-bond donors (Lipinski definition) is 0. The number of nitrogens with zero attached hydrogens (tertiary/aromatic N) is 3. The molecule has 20 heavy (non-hydrogen) atoms. The van der Waals surface area contributed by atoms with E-state index in [4.69, 9.17) is 9.26 Å².